The molecule has 6 heteroatoms. The third kappa shape index (κ3) is 3.47. The lowest BCUT2D eigenvalue weighted by atomic mass is 10.0. The molecule has 0 fully saturated rings. The van der Waals surface area contributed by atoms with E-state index < -0.39 is 5.60 Å². The second-order valence-electron chi connectivity index (χ2n) is 5.41. The molecule has 3 aromatic rings. The predicted octanol–water partition coefficient (Wildman–Crippen LogP) is 3.77. The Labute approximate surface area is 137 Å². The molecule has 0 radical (unpaired) electrons. The molecule has 3 heterocycles. The van der Waals surface area contributed by atoms with Gasteiger partial charge in [0.15, 0.2) is 0 Å². The molecule has 0 aliphatic heterocycles. The number of thiophene rings is 1. The lowest BCUT2D eigenvalue weighted by Gasteiger charge is -2.21. The summed E-state index contributed by atoms with van der Waals surface area (Å²) >= 11 is 3.34. The van der Waals surface area contributed by atoms with Gasteiger partial charge in [0.05, 0.1) is 10.6 Å². The number of hydrogen-bond acceptors (Lipinski definition) is 6. The number of aliphatic hydroxyl groups is 1. The Morgan fingerprint density at radius 2 is 2.18 bits per heavy atom. The van der Waals surface area contributed by atoms with Gasteiger partial charge in [-0.1, -0.05) is 6.07 Å². The molecule has 0 saturated carbocycles. The van der Waals surface area contributed by atoms with Crippen molar-refractivity contribution in [1.29, 1.82) is 0 Å². The van der Waals surface area contributed by atoms with Gasteiger partial charge >= 0.3 is 0 Å². The van der Waals surface area contributed by atoms with E-state index in [1.54, 1.807) is 29.6 Å². The van der Waals surface area contributed by atoms with Crippen LogP contribution in [0.1, 0.15) is 24.1 Å². The van der Waals surface area contributed by atoms with Crippen molar-refractivity contribution in [2.45, 2.75) is 26.0 Å². The van der Waals surface area contributed by atoms with E-state index in [2.05, 4.69) is 21.7 Å². The highest BCUT2D eigenvalue weighted by Crippen LogP contribution is 2.28. The maximum absolute atomic E-state index is 10.5. The third-order valence-electron chi connectivity index (χ3n) is 3.33. The van der Waals surface area contributed by atoms with E-state index in [1.807, 2.05) is 30.5 Å². The van der Waals surface area contributed by atoms with Crippen LogP contribution in [0.2, 0.25) is 0 Å². The first-order valence-electron chi connectivity index (χ1n) is 7.03. The van der Waals surface area contributed by atoms with Crippen molar-refractivity contribution >= 4 is 22.7 Å². The van der Waals surface area contributed by atoms with Crippen LogP contribution in [0.15, 0.2) is 39.4 Å². The first-order chi connectivity index (χ1) is 10.5. The fourth-order valence-corrected chi connectivity index (χ4v) is 3.78. The van der Waals surface area contributed by atoms with E-state index in [4.69, 9.17) is 4.42 Å². The zero-order valence-electron chi connectivity index (χ0n) is 12.5. The zero-order chi connectivity index (χ0) is 15.6. The maximum Gasteiger partial charge on any atom is 0.136 e. The SMILES string of the molecule is Cc1ccc(C(C)(O)CNCc2csc(-c3cccs3)n2)o1. The minimum Gasteiger partial charge on any atom is -0.463 e. The van der Waals surface area contributed by atoms with Crippen LogP contribution in [0.4, 0.5) is 0 Å². The second kappa shape index (κ2) is 6.34. The minimum atomic E-state index is -1.03. The van der Waals surface area contributed by atoms with Crippen molar-refractivity contribution < 1.29 is 9.52 Å². The summed E-state index contributed by atoms with van der Waals surface area (Å²) in [6.45, 7) is 4.65. The summed E-state index contributed by atoms with van der Waals surface area (Å²) in [6.07, 6.45) is 0. The number of aryl methyl sites for hydroxylation is 1. The topological polar surface area (TPSA) is 58.3 Å². The third-order valence-corrected chi connectivity index (χ3v) is 5.26. The standard InChI is InChI=1S/C16H18N2O2S2/c1-11-5-6-14(20-11)16(2,19)10-17-8-12-9-22-15(18-12)13-4-3-7-21-13/h3-7,9,17,19H,8,10H2,1-2H3. The number of thiazole rings is 1. The molecule has 0 spiro atoms. The van der Waals surface area contributed by atoms with E-state index in [0.29, 0.717) is 18.8 Å². The molecule has 4 nitrogen and oxygen atoms in total. The van der Waals surface area contributed by atoms with E-state index in [1.165, 1.54) is 4.88 Å². The van der Waals surface area contributed by atoms with Gasteiger partial charge in [-0.3, -0.25) is 0 Å². The normalized spacial score (nSPS) is 14.1. The van der Waals surface area contributed by atoms with Crippen LogP contribution >= 0.6 is 22.7 Å². The molecule has 1 atom stereocenters. The van der Waals surface area contributed by atoms with E-state index >= 15 is 0 Å². The van der Waals surface area contributed by atoms with Crippen molar-refractivity contribution in [1.82, 2.24) is 10.3 Å². The van der Waals surface area contributed by atoms with E-state index in [-0.39, 0.29) is 0 Å². The molecule has 0 saturated heterocycles. The van der Waals surface area contributed by atoms with Crippen LogP contribution in [0.5, 0.6) is 0 Å². The summed E-state index contributed by atoms with van der Waals surface area (Å²) in [5.41, 5.74) is -0.0410. The summed E-state index contributed by atoms with van der Waals surface area (Å²) in [5, 5.41) is 18.9. The van der Waals surface area contributed by atoms with Crippen LogP contribution < -0.4 is 5.32 Å². The number of rotatable bonds is 6. The van der Waals surface area contributed by atoms with Gasteiger partial charge in [0, 0.05) is 18.5 Å². The molecule has 3 rings (SSSR count). The van der Waals surface area contributed by atoms with Crippen LogP contribution in [-0.4, -0.2) is 16.6 Å². The molecule has 3 aromatic heterocycles. The summed E-state index contributed by atoms with van der Waals surface area (Å²) in [7, 11) is 0. The monoisotopic (exact) mass is 334 g/mol. The zero-order valence-corrected chi connectivity index (χ0v) is 14.1. The van der Waals surface area contributed by atoms with E-state index in [9.17, 15) is 5.11 Å². The predicted molar refractivity (Wildman–Crippen MR) is 90.1 cm³/mol. The van der Waals surface area contributed by atoms with Gasteiger partial charge in [-0.05, 0) is 37.4 Å². The summed E-state index contributed by atoms with van der Waals surface area (Å²) < 4.78 is 5.50. The van der Waals surface area contributed by atoms with Gasteiger partial charge in [-0.25, -0.2) is 4.98 Å². The lowest BCUT2D eigenvalue weighted by molar-refractivity contribution is 0.0332. The van der Waals surface area contributed by atoms with Gasteiger partial charge in [0.1, 0.15) is 22.1 Å². The number of nitrogens with one attached hydrogen (secondary N) is 1. The average Bonchev–Trinajstić information content (AvgIpc) is 3.18. The van der Waals surface area contributed by atoms with Gasteiger partial charge in [0.25, 0.3) is 0 Å². The van der Waals surface area contributed by atoms with Crippen molar-refractivity contribution in [2.24, 2.45) is 0 Å². The molecule has 0 bridgehead atoms. The molecule has 2 N–H and O–H groups in total. The van der Waals surface area contributed by atoms with Gasteiger partial charge < -0.3 is 14.8 Å². The van der Waals surface area contributed by atoms with Crippen molar-refractivity contribution in [3.05, 3.63) is 52.2 Å². The number of aromatic nitrogens is 1. The van der Waals surface area contributed by atoms with Crippen LogP contribution in [0.25, 0.3) is 9.88 Å². The Hall–Kier alpha value is -1.47. The smallest absolute Gasteiger partial charge is 0.136 e. The van der Waals surface area contributed by atoms with Crippen LogP contribution in [0, 0.1) is 6.92 Å². The first kappa shape index (κ1) is 15.4. The molecular weight excluding hydrogens is 316 g/mol. The highest BCUT2D eigenvalue weighted by atomic mass is 32.1. The van der Waals surface area contributed by atoms with Gasteiger partial charge in [-0.2, -0.15) is 0 Å². The van der Waals surface area contributed by atoms with E-state index in [0.717, 1.165) is 16.5 Å². The lowest BCUT2D eigenvalue weighted by Crippen LogP contribution is -2.34. The molecule has 0 aliphatic rings. The van der Waals surface area contributed by atoms with Crippen LogP contribution in [-0.2, 0) is 12.1 Å². The fraction of sp³-hybridized carbons (Fsp3) is 0.312. The Balaban J connectivity index is 1.57. The molecule has 0 amide bonds. The fourth-order valence-electron chi connectivity index (χ4n) is 2.15. The second-order valence-corrected chi connectivity index (χ2v) is 7.21. The summed E-state index contributed by atoms with van der Waals surface area (Å²) in [4.78, 5) is 5.80. The highest BCUT2D eigenvalue weighted by molar-refractivity contribution is 7.20. The number of hydrogen-bond donors (Lipinski definition) is 2. The first-order valence-corrected chi connectivity index (χ1v) is 8.79. The largest absolute Gasteiger partial charge is 0.463 e. The number of nitrogens with zero attached hydrogens (tertiary/aromatic N) is 1. The molecule has 1 unspecified atom stereocenters. The average molecular weight is 334 g/mol. The minimum absolute atomic E-state index is 0.409. The Morgan fingerprint density at radius 3 is 2.86 bits per heavy atom. The van der Waals surface area contributed by atoms with Gasteiger partial charge in [0.2, 0.25) is 0 Å². The Bertz CT molecular complexity index is 729. The molecule has 22 heavy (non-hydrogen) atoms. The highest BCUT2D eigenvalue weighted by Gasteiger charge is 2.26. The molecule has 0 aliphatic carbocycles. The Morgan fingerprint density at radius 1 is 1.32 bits per heavy atom. The summed E-state index contributed by atoms with van der Waals surface area (Å²) in [5.74, 6) is 1.38. The number of furan rings is 1. The molecule has 0 aromatic carbocycles. The van der Waals surface area contributed by atoms with Crippen molar-refractivity contribution in [3.8, 4) is 9.88 Å². The van der Waals surface area contributed by atoms with Gasteiger partial charge in [-0.15, -0.1) is 22.7 Å². The Kier molecular flexibility index (Phi) is 4.44. The van der Waals surface area contributed by atoms with Crippen molar-refractivity contribution in [2.75, 3.05) is 6.54 Å². The maximum atomic E-state index is 10.5. The van der Waals surface area contributed by atoms with Crippen molar-refractivity contribution in [3.63, 3.8) is 0 Å². The van der Waals surface area contributed by atoms with Crippen LogP contribution in [0.3, 0.4) is 0 Å². The quantitative estimate of drug-likeness (QED) is 0.720. The molecular formula is C16H18N2O2S2. The molecule has 116 valence electrons. The summed E-state index contributed by atoms with van der Waals surface area (Å²) in [6, 6.07) is 7.78.